The number of aryl methyl sites for hydroxylation is 1. The van der Waals surface area contributed by atoms with Crippen molar-refractivity contribution in [3.05, 3.63) is 95.0 Å². The lowest BCUT2D eigenvalue weighted by Gasteiger charge is -2.25. The summed E-state index contributed by atoms with van der Waals surface area (Å²) in [6, 6.07) is 12.1. The number of nitrogens with zero attached hydrogens (tertiary/aromatic N) is 1. The van der Waals surface area contributed by atoms with Gasteiger partial charge in [-0.2, -0.15) is 0 Å². The maximum absolute atomic E-state index is 11.2. The van der Waals surface area contributed by atoms with Crippen LogP contribution in [0.3, 0.4) is 0 Å². The van der Waals surface area contributed by atoms with Crippen molar-refractivity contribution in [2.75, 3.05) is 0 Å². The van der Waals surface area contributed by atoms with Gasteiger partial charge in [0.1, 0.15) is 22.9 Å². The molecule has 0 amide bonds. The number of hydrogen-bond acceptors (Lipinski definition) is 5. The van der Waals surface area contributed by atoms with Crippen LogP contribution in [-0.4, -0.2) is 10.0 Å². The summed E-state index contributed by atoms with van der Waals surface area (Å²) >= 11 is 1.81. The van der Waals surface area contributed by atoms with E-state index in [-0.39, 0.29) is 0 Å². The lowest BCUT2D eigenvalue weighted by Crippen LogP contribution is -2.25. The smallest absolute Gasteiger partial charge is 0.135 e. The minimum Gasteiger partial charge on any atom is -0.468 e. The molecule has 5 heteroatoms. The molecule has 3 heterocycles. The summed E-state index contributed by atoms with van der Waals surface area (Å²) in [7, 11) is 0. The molecule has 3 aromatic heterocycles. The molecule has 0 unspecified atom stereocenters. The zero-order valence-electron chi connectivity index (χ0n) is 17.7. The zero-order chi connectivity index (χ0) is 21.4. The van der Waals surface area contributed by atoms with Gasteiger partial charge in [0.05, 0.1) is 19.4 Å². The van der Waals surface area contributed by atoms with Crippen molar-refractivity contribution in [2.45, 2.75) is 57.8 Å². The Morgan fingerprint density at radius 3 is 2.33 bits per heavy atom. The second-order valence-corrected chi connectivity index (χ2v) is 9.06. The van der Waals surface area contributed by atoms with Crippen molar-refractivity contribution in [2.24, 2.45) is 0 Å². The molecule has 0 saturated carbocycles. The molecular weight excluding hydrogens is 394 g/mol. The van der Waals surface area contributed by atoms with Gasteiger partial charge in [-0.3, -0.25) is 4.90 Å². The van der Waals surface area contributed by atoms with Crippen molar-refractivity contribution in [3.8, 4) is 0 Å². The number of aliphatic hydroxyl groups is 1. The van der Waals surface area contributed by atoms with Crippen LogP contribution in [0.4, 0.5) is 0 Å². The van der Waals surface area contributed by atoms with Gasteiger partial charge in [0.15, 0.2) is 0 Å². The highest BCUT2D eigenvalue weighted by Crippen LogP contribution is 2.33. The van der Waals surface area contributed by atoms with Crippen LogP contribution in [0.2, 0.25) is 0 Å². The van der Waals surface area contributed by atoms with Crippen LogP contribution in [0.25, 0.3) is 0 Å². The minimum absolute atomic E-state index is 0.585. The topological polar surface area (TPSA) is 49.8 Å². The first kappa shape index (κ1) is 22.3. The van der Waals surface area contributed by atoms with Crippen molar-refractivity contribution >= 4 is 11.3 Å². The molecule has 4 nitrogen and oxygen atoms in total. The Kier molecular flexibility index (Phi) is 7.91. The molecule has 0 aliphatic heterocycles. The van der Waals surface area contributed by atoms with Crippen LogP contribution in [-0.2, 0) is 25.2 Å². The molecule has 3 rings (SSSR count). The largest absolute Gasteiger partial charge is 0.468 e. The number of thiophene rings is 1. The Balaban J connectivity index is 1.75. The van der Waals surface area contributed by atoms with Gasteiger partial charge in [-0.1, -0.05) is 12.2 Å². The fourth-order valence-electron chi connectivity index (χ4n) is 3.57. The first-order valence-electron chi connectivity index (χ1n) is 10.4. The fraction of sp³-hybridized carbons (Fsp3) is 0.360. The standard InChI is InChI=1S/C25H31NO3S/c1-4-6-14-25(27,15-7-5-2)24-13-11-22(29-24)18-26(17-21-9-8-16-28-21)19-23-12-10-20(3)30-23/h4-5,8-13,16,27H,1-2,6-7,14-15,17-19H2,3H3. The van der Waals surface area contributed by atoms with Crippen LogP contribution < -0.4 is 0 Å². The molecule has 0 radical (unpaired) electrons. The van der Waals surface area contributed by atoms with Gasteiger partial charge in [0.25, 0.3) is 0 Å². The van der Waals surface area contributed by atoms with Crippen molar-refractivity contribution in [3.63, 3.8) is 0 Å². The van der Waals surface area contributed by atoms with E-state index in [1.807, 2.05) is 36.4 Å². The Bertz CT molecular complexity index is 910. The van der Waals surface area contributed by atoms with Crippen molar-refractivity contribution < 1.29 is 13.9 Å². The predicted molar refractivity (Wildman–Crippen MR) is 122 cm³/mol. The van der Waals surface area contributed by atoms with E-state index in [1.165, 1.54) is 9.75 Å². The summed E-state index contributed by atoms with van der Waals surface area (Å²) in [5, 5.41) is 11.2. The molecule has 0 spiro atoms. The summed E-state index contributed by atoms with van der Waals surface area (Å²) in [4.78, 5) is 4.90. The van der Waals surface area contributed by atoms with Gasteiger partial charge < -0.3 is 13.9 Å². The van der Waals surface area contributed by atoms with Crippen LogP contribution in [0.1, 0.15) is 52.7 Å². The van der Waals surface area contributed by atoms with Gasteiger partial charge in [-0.25, -0.2) is 0 Å². The fourth-order valence-corrected chi connectivity index (χ4v) is 4.50. The summed E-state index contributed by atoms with van der Waals surface area (Å²) in [5.41, 5.74) is -1.00. The molecule has 0 fully saturated rings. The molecule has 3 aromatic rings. The molecule has 0 aliphatic rings. The van der Waals surface area contributed by atoms with E-state index in [0.717, 1.165) is 30.9 Å². The van der Waals surface area contributed by atoms with E-state index in [2.05, 4.69) is 37.1 Å². The molecule has 0 aliphatic carbocycles. The Labute approximate surface area is 183 Å². The third-order valence-electron chi connectivity index (χ3n) is 5.16. The van der Waals surface area contributed by atoms with E-state index < -0.39 is 5.60 Å². The molecule has 30 heavy (non-hydrogen) atoms. The Morgan fingerprint density at radius 2 is 1.73 bits per heavy atom. The third kappa shape index (κ3) is 6.08. The normalized spacial score (nSPS) is 11.8. The average Bonchev–Trinajstić information content (AvgIpc) is 3.48. The van der Waals surface area contributed by atoms with E-state index in [9.17, 15) is 5.11 Å². The maximum atomic E-state index is 11.2. The van der Waals surface area contributed by atoms with E-state index in [0.29, 0.717) is 31.7 Å². The summed E-state index contributed by atoms with van der Waals surface area (Å²) in [6.07, 6.45) is 7.99. The first-order chi connectivity index (χ1) is 14.5. The first-order valence-corrected chi connectivity index (χ1v) is 11.2. The van der Waals surface area contributed by atoms with Crippen molar-refractivity contribution in [1.29, 1.82) is 0 Å². The highest BCUT2D eigenvalue weighted by Gasteiger charge is 2.31. The molecular formula is C25H31NO3S. The molecule has 160 valence electrons. The van der Waals surface area contributed by atoms with Crippen LogP contribution in [0, 0.1) is 6.92 Å². The predicted octanol–water partition coefficient (Wildman–Crippen LogP) is 6.56. The second-order valence-electron chi connectivity index (χ2n) is 7.69. The number of furan rings is 2. The molecule has 0 aromatic carbocycles. The second kappa shape index (κ2) is 10.6. The van der Waals surface area contributed by atoms with Crippen LogP contribution >= 0.6 is 11.3 Å². The number of hydrogen-bond donors (Lipinski definition) is 1. The summed E-state index contributed by atoms with van der Waals surface area (Å²) < 4.78 is 11.7. The zero-order valence-corrected chi connectivity index (χ0v) is 18.5. The molecule has 0 atom stereocenters. The molecule has 1 N–H and O–H groups in total. The van der Waals surface area contributed by atoms with Crippen molar-refractivity contribution in [1.82, 2.24) is 4.90 Å². The van der Waals surface area contributed by atoms with Gasteiger partial charge in [-0.05, 0) is 69.0 Å². The minimum atomic E-state index is -1.00. The van der Waals surface area contributed by atoms with Crippen LogP contribution in [0.5, 0.6) is 0 Å². The molecule has 0 saturated heterocycles. The van der Waals surface area contributed by atoms with Gasteiger partial charge in [0, 0.05) is 16.3 Å². The Morgan fingerprint density at radius 1 is 1.00 bits per heavy atom. The Hall–Kier alpha value is -2.34. The average molecular weight is 426 g/mol. The maximum Gasteiger partial charge on any atom is 0.135 e. The molecule has 0 bridgehead atoms. The van der Waals surface area contributed by atoms with E-state index in [1.54, 1.807) is 17.6 Å². The monoisotopic (exact) mass is 425 g/mol. The van der Waals surface area contributed by atoms with E-state index in [4.69, 9.17) is 8.83 Å². The van der Waals surface area contributed by atoms with Gasteiger partial charge >= 0.3 is 0 Å². The van der Waals surface area contributed by atoms with Gasteiger partial charge in [0.2, 0.25) is 0 Å². The lowest BCUT2D eigenvalue weighted by molar-refractivity contribution is -0.00223. The van der Waals surface area contributed by atoms with E-state index >= 15 is 0 Å². The summed E-state index contributed by atoms with van der Waals surface area (Å²) in [6.45, 7) is 11.8. The quantitative estimate of drug-likeness (QED) is 0.315. The highest BCUT2D eigenvalue weighted by atomic mass is 32.1. The SMILES string of the molecule is C=CCCC(O)(CCC=C)c1ccc(CN(Cc2ccco2)Cc2ccc(C)s2)o1. The van der Waals surface area contributed by atoms with Crippen LogP contribution in [0.15, 0.2) is 76.8 Å². The highest BCUT2D eigenvalue weighted by molar-refractivity contribution is 7.11. The third-order valence-corrected chi connectivity index (χ3v) is 6.14. The number of rotatable bonds is 13. The summed E-state index contributed by atoms with van der Waals surface area (Å²) in [5.74, 6) is 2.37. The number of allylic oxidation sites excluding steroid dienone is 2. The van der Waals surface area contributed by atoms with Gasteiger partial charge in [-0.15, -0.1) is 24.5 Å². The lowest BCUT2D eigenvalue weighted by atomic mass is 9.89.